The third-order valence-corrected chi connectivity index (χ3v) is 2.11. The van der Waals surface area contributed by atoms with Gasteiger partial charge in [-0.05, 0) is 24.1 Å². The molecule has 0 heterocycles. The molecule has 0 aromatic heterocycles. The fourth-order valence-corrected chi connectivity index (χ4v) is 1.26. The number of aliphatic hydroxyl groups excluding tert-OH is 1. The molecule has 0 unspecified atom stereocenters. The van der Waals surface area contributed by atoms with E-state index in [2.05, 4.69) is 0 Å². The zero-order valence-corrected chi connectivity index (χ0v) is 7.90. The van der Waals surface area contributed by atoms with E-state index in [1.54, 1.807) is 19.1 Å². The molecular weight excluding hydrogens is 182 g/mol. The second-order valence-corrected chi connectivity index (χ2v) is 3.17. The van der Waals surface area contributed by atoms with Gasteiger partial charge in [-0.2, -0.15) is 0 Å². The van der Waals surface area contributed by atoms with Crippen molar-refractivity contribution in [2.75, 3.05) is 6.61 Å². The molecule has 4 nitrogen and oxygen atoms in total. The average molecular weight is 195 g/mol. The third kappa shape index (κ3) is 2.10. The van der Waals surface area contributed by atoms with Gasteiger partial charge in [0.05, 0.1) is 18.2 Å². The highest BCUT2D eigenvalue weighted by Gasteiger charge is 2.10. The van der Waals surface area contributed by atoms with Gasteiger partial charge in [-0.15, -0.1) is 0 Å². The van der Waals surface area contributed by atoms with Crippen LogP contribution in [0.15, 0.2) is 18.2 Å². The van der Waals surface area contributed by atoms with E-state index in [1.807, 2.05) is 0 Å². The van der Waals surface area contributed by atoms with Gasteiger partial charge in [-0.25, -0.2) is 4.79 Å². The summed E-state index contributed by atoms with van der Waals surface area (Å²) in [6, 6.07) is 4.36. The zero-order valence-electron chi connectivity index (χ0n) is 7.90. The Morgan fingerprint density at radius 3 is 2.64 bits per heavy atom. The SMILES string of the molecule is Cc1cc([C@@H](N)CO)ccc1C(=O)O. The summed E-state index contributed by atoms with van der Waals surface area (Å²) in [6.45, 7) is 1.56. The maximum absolute atomic E-state index is 10.7. The molecule has 0 spiro atoms. The summed E-state index contributed by atoms with van der Waals surface area (Å²) in [5.74, 6) is -0.952. The lowest BCUT2D eigenvalue weighted by molar-refractivity contribution is 0.0696. The number of nitrogens with two attached hydrogens (primary N) is 1. The monoisotopic (exact) mass is 195 g/mol. The van der Waals surface area contributed by atoms with Gasteiger partial charge in [-0.3, -0.25) is 0 Å². The molecule has 1 aromatic rings. The van der Waals surface area contributed by atoms with Crippen molar-refractivity contribution < 1.29 is 15.0 Å². The maximum atomic E-state index is 10.7. The van der Waals surface area contributed by atoms with Gasteiger partial charge >= 0.3 is 5.97 Å². The number of aliphatic hydroxyl groups is 1. The first kappa shape index (κ1) is 10.7. The topological polar surface area (TPSA) is 83.5 Å². The van der Waals surface area contributed by atoms with E-state index in [0.717, 1.165) is 5.56 Å². The number of aryl methyl sites for hydroxylation is 1. The van der Waals surface area contributed by atoms with Gasteiger partial charge in [0, 0.05) is 0 Å². The van der Waals surface area contributed by atoms with Gasteiger partial charge in [0.2, 0.25) is 0 Å². The lowest BCUT2D eigenvalue weighted by Gasteiger charge is -2.10. The highest BCUT2D eigenvalue weighted by Crippen LogP contribution is 2.15. The van der Waals surface area contributed by atoms with Gasteiger partial charge in [0.25, 0.3) is 0 Å². The Hall–Kier alpha value is -1.39. The Bertz CT molecular complexity index is 349. The van der Waals surface area contributed by atoms with Crippen molar-refractivity contribution in [2.24, 2.45) is 5.73 Å². The molecular formula is C10H13NO3. The Balaban J connectivity index is 3.06. The minimum atomic E-state index is -0.952. The summed E-state index contributed by atoms with van der Waals surface area (Å²) in [5.41, 5.74) is 7.25. The predicted octanol–water partition coefficient (Wildman–Crippen LogP) is 0.685. The molecule has 0 aliphatic rings. The van der Waals surface area contributed by atoms with Gasteiger partial charge in [-0.1, -0.05) is 12.1 Å². The summed E-state index contributed by atoms with van der Waals surface area (Å²) < 4.78 is 0. The molecule has 0 saturated carbocycles. The molecule has 0 amide bonds. The van der Waals surface area contributed by atoms with Crippen molar-refractivity contribution in [1.82, 2.24) is 0 Å². The van der Waals surface area contributed by atoms with Crippen LogP contribution < -0.4 is 5.73 Å². The highest BCUT2D eigenvalue weighted by molar-refractivity contribution is 5.89. The van der Waals surface area contributed by atoms with E-state index < -0.39 is 12.0 Å². The van der Waals surface area contributed by atoms with Crippen molar-refractivity contribution in [3.05, 3.63) is 34.9 Å². The molecule has 4 heteroatoms. The summed E-state index contributed by atoms with van der Waals surface area (Å²) in [5, 5.41) is 17.6. The molecule has 76 valence electrons. The number of aromatic carboxylic acids is 1. The van der Waals surface area contributed by atoms with E-state index in [-0.39, 0.29) is 12.2 Å². The van der Waals surface area contributed by atoms with E-state index in [4.69, 9.17) is 15.9 Å². The Kier molecular flexibility index (Phi) is 3.22. The van der Waals surface area contributed by atoms with Crippen molar-refractivity contribution in [3.63, 3.8) is 0 Å². The number of carboxylic acids is 1. The van der Waals surface area contributed by atoms with Crippen LogP contribution in [0, 0.1) is 6.92 Å². The van der Waals surface area contributed by atoms with Gasteiger partial charge in [0.1, 0.15) is 0 Å². The van der Waals surface area contributed by atoms with Crippen LogP contribution in [0.25, 0.3) is 0 Å². The molecule has 1 rings (SSSR count). The minimum absolute atomic E-state index is 0.147. The van der Waals surface area contributed by atoms with Crippen LogP contribution in [-0.4, -0.2) is 22.8 Å². The molecule has 14 heavy (non-hydrogen) atoms. The van der Waals surface area contributed by atoms with Crippen molar-refractivity contribution in [1.29, 1.82) is 0 Å². The molecule has 4 N–H and O–H groups in total. The van der Waals surface area contributed by atoms with Crippen molar-refractivity contribution in [3.8, 4) is 0 Å². The summed E-state index contributed by atoms with van der Waals surface area (Å²) in [4.78, 5) is 10.7. The van der Waals surface area contributed by atoms with Crippen LogP contribution in [0.4, 0.5) is 0 Å². The molecule has 0 aliphatic carbocycles. The Morgan fingerprint density at radius 1 is 1.57 bits per heavy atom. The summed E-state index contributed by atoms with van der Waals surface area (Å²) in [7, 11) is 0. The maximum Gasteiger partial charge on any atom is 0.335 e. The molecule has 1 aromatic carbocycles. The van der Waals surface area contributed by atoms with E-state index >= 15 is 0 Å². The minimum Gasteiger partial charge on any atom is -0.478 e. The highest BCUT2D eigenvalue weighted by atomic mass is 16.4. The largest absolute Gasteiger partial charge is 0.478 e. The second-order valence-electron chi connectivity index (χ2n) is 3.17. The Labute approximate surface area is 82.0 Å². The number of rotatable bonds is 3. The quantitative estimate of drug-likeness (QED) is 0.662. The first-order chi connectivity index (χ1) is 6.56. The van der Waals surface area contributed by atoms with Crippen molar-refractivity contribution in [2.45, 2.75) is 13.0 Å². The first-order valence-corrected chi connectivity index (χ1v) is 4.26. The molecule has 0 radical (unpaired) electrons. The second kappa shape index (κ2) is 4.21. The zero-order chi connectivity index (χ0) is 10.7. The lowest BCUT2D eigenvalue weighted by atomic mass is 10.0. The normalized spacial score (nSPS) is 12.5. The van der Waals surface area contributed by atoms with Crippen LogP contribution in [0.5, 0.6) is 0 Å². The van der Waals surface area contributed by atoms with Crippen molar-refractivity contribution >= 4 is 5.97 Å². The number of carbonyl (C=O) groups is 1. The number of hydrogen-bond donors (Lipinski definition) is 3. The van der Waals surface area contributed by atoms with Gasteiger partial charge < -0.3 is 15.9 Å². The standard InChI is InChI=1S/C10H13NO3/c1-6-4-7(9(11)5-12)2-3-8(6)10(13)14/h2-4,9,12H,5,11H2,1H3,(H,13,14)/t9-/m0/s1. The molecule has 1 atom stereocenters. The summed E-state index contributed by atoms with van der Waals surface area (Å²) >= 11 is 0. The van der Waals surface area contributed by atoms with Crippen LogP contribution >= 0.6 is 0 Å². The molecule has 0 saturated heterocycles. The summed E-state index contributed by atoms with van der Waals surface area (Å²) in [6.07, 6.45) is 0. The fourth-order valence-electron chi connectivity index (χ4n) is 1.26. The number of hydrogen-bond acceptors (Lipinski definition) is 3. The van der Waals surface area contributed by atoms with Gasteiger partial charge in [0.15, 0.2) is 0 Å². The van der Waals surface area contributed by atoms with E-state index in [1.165, 1.54) is 6.07 Å². The number of benzene rings is 1. The average Bonchev–Trinajstić information content (AvgIpc) is 2.15. The van der Waals surface area contributed by atoms with Crippen LogP contribution in [0.1, 0.15) is 27.5 Å². The van der Waals surface area contributed by atoms with Crippen LogP contribution in [0.2, 0.25) is 0 Å². The van der Waals surface area contributed by atoms with Crippen LogP contribution in [-0.2, 0) is 0 Å². The molecule has 0 bridgehead atoms. The van der Waals surface area contributed by atoms with E-state index in [9.17, 15) is 4.79 Å². The van der Waals surface area contributed by atoms with Crippen LogP contribution in [0.3, 0.4) is 0 Å². The smallest absolute Gasteiger partial charge is 0.335 e. The number of carboxylic acid groups (broad SMARTS) is 1. The van der Waals surface area contributed by atoms with E-state index in [0.29, 0.717) is 5.56 Å². The Morgan fingerprint density at radius 2 is 2.21 bits per heavy atom. The lowest BCUT2D eigenvalue weighted by Crippen LogP contribution is -2.15. The molecule has 0 aliphatic heterocycles. The first-order valence-electron chi connectivity index (χ1n) is 4.26. The predicted molar refractivity (Wildman–Crippen MR) is 52.2 cm³/mol. The molecule has 0 fully saturated rings. The fraction of sp³-hybridized carbons (Fsp3) is 0.300. The third-order valence-electron chi connectivity index (χ3n) is 2.11.